The standard InChI is InChI=1S/C14H12F2N2O3/c15-14(16)21-11-5-3-4-10(8-11)9-17-12-6-1-2-7-13(12)18(19)20/h1-8,14,17H,9H2. The Morgan fingerprint density at radius 3 is 2.67 bits per heavy atom. The Kier molecular flexibility index (Phi) is 4.65. The maximum Gasteiger partial charge on any atom is 0.387 e. The number of ether oxygens (including phenoxy) is 1. The monoisotopic (exact) mass is 294 g/mol. The lowest BCUT2D eigenvalue weighted by atomic mass is 10.2. The van der Waals surface area contributed by atoms with Crippen LogP contribution in [0.25, 0.3) is 0 Å². The van der Waals surface area contributed by atoms with Crippen LogP contribution in [-0.2, 0) is 6.54 Å². The maximum atomic E-state index is 12.1. The number of benzene rings is 2. The topological polar surface area (TPSA) is 64.4 Å². The number of alkyl halides is 2. The van der Waals surface area contributed by atoms with Crippen LogP contribution in [0.1, 0.15) is 5.56 Å². The maximum absolute atomic E-state index is 12.1. The summed E-state index contributed by atoms with van der Waals surface area (Å²) in [5, 5.41) is 13.8. The number of halogens is 2. The molecule has 21 heavy (non-hydrogen) atoms. The van der Waals surface area contributed by atoms with E-state index in [0.29, 0.717) is 11.3 Å². The molecule has 2 rings (SSSR count). The number of para-hydroxylation sites is 2. The molecular weight excluding hydrogens is 282 g/mol. The Balaban J connectivity index is 2.08. The van der Waals surface area contributed by atoms with E-state index in [1.54, 1.807) is 30.3 Å². The van der Waals surface area contributed by atoms with Gasteiger partial charge in [0.05, 0.1) is 4.92 Å². The molecule has 0 atom stereocenters. The minimum Gasteiger partial charge on any atom is -0.435 e. The van der Waals surface area contributed by atoms with Crippen LogP contribution >= 0.6 is 0 Å². The molecule has 0 saturated heterocycles. The first kappa shape index (κ1) is 14.7. The number of hydrogen-bond acceptors (Lipinski definition) is 4. The van der Waals surface area contributed by atoms with Crippen LogP contribution in [0.15, 0.2) is 48.5 Å². The van der Waals surface area contributed by atoms with Gasteiger partial charge in [-0.05, 0) is 23.8 Å². The van der Waals surface area contributed by atoms with Crippen LogP contribution in [0.3, 0.4) is 0 Å². The molecule has 0 aliphatic carbocycles. The molecule has 7 heteroatoms. The smallest absolute Gasteiger partial charge is 0.387 e. The van der Waals surface area contributed by atoms with E-state index < -0.39 is 11.5 Å². The molecule has 2 aromatic rings. The van der Waals surface area contributed by atoms with Gasteiger partial charge in [0.2, 0.25) is 0 Å². The lowest BCUT2D eigenvalue weighted by Crippen LogP contribution is -2.04. The Labute approximate surface area is 119 Å². The quantitative estimate of drug-likeness (QED) is 0.650. The summed E-state index contributed by atoms with van der Waals surface area (Å²) < 4.78 is 28.6. The van der Waals surface area contributed by atoms with E-state index in [4.69, 9.17) is 0 Å². The average Bonchev–Trinajstić information content (AvgIpc) is 2.45. The molecule has 0 fully saturated rings. The van der Waals surface area contributed by atoms with Crippen molar-refractivity contribution in [2.45, 2.75) is 13.2 Å². The predicted molar refractivity (Wildman–Crippen MR) is 73.5 cm³/mol. The molecule has 0 aliphatic rings. The predicted octanol–water partition coefficient (Wildman–Crippen LogP) is 3.81. The van der Waals surface area contributed by atoms with E-state index in [0.717, 1.165) is 0 Å². The van der Waals surface area contributed by atoms with Gasteiger partial charge < -0.3 is 10.1 Å². The molecule has 0 aromatic heterocycles. The number of anilines is 1. The van der Waals surface area contributed by atoms with Crippen molar-refractivity contribution in [3.05, 3.63) is 64.2 Å². The zero-order valence-corrected chi connectivity index (χ0v) is 10.8. The summed E-state index contributed by atoms with van der Waals surface area (Å²) in [6.07, 6.45) is 0. The summed E-state index contributed by atoms with van der Waals surface area (Å²) >= 11 is 0. The van der Waals surface area contributed by atoms with E-state index in [1.807, 2.05) is 0 Å². The number of nitrogens with zero attached hydrogens (tertiary/aromatic N) is 1. The molecule has 0 bridgehead atoms. The first-order chi connectivity index (χ1) is 10.1. The highest BCUT2D eigenvalue weighted by Crippen LogP contribution is 2.24. The molecule has 0 saturated carbocycles. The minimum absolute atomic E-state index is 0.0440. The Bertz CT molecular complexity index is 635. The SMILES string of the molecule is O=[N+]([O-])c1ccccc1NCc1cccc(OC(F)F)c1. The van der Waals surface area contributed by atoms with Gasteiger partial charge in [0.25, 0.3) is 5.69 Å². The van der Waals surface area contributed by atoms with Crippen molar-refractivity contribution in [1.82, 2.24) is 0 Å². The Morgan fingerprint density at radius 1 is 1.19 bits per heavy atom. The number of nitro groups is 1. The van der Waals surface area contributed by atoms with E-state index in [9.17, 15) is 18.9 Å². The molecular formula is C14H12F2N2O3. The molecule has 0 radical (unpaired) electrons. The number of rotatable bonds is 6. The highest BCUT2D eigenvalue weighted by atomic mass is 19.3. The van der Waals surface area contributed by atoms with Gasteiger partial charge in [-0.3, -0.25) is 10.1 Å². The normalized spacial score (nSPS) is 10.4. The largest absolute Gasteiger partial charge is 0.435 e. The molecule has 0 spiro atoms. The van der Waals surface area contributed by atoms with E-state index in [1.165, 1.54) is 18.2 Å². The summed E-state index contributed by atoms with van der Waals surface area (Å²) in [7, 11) is 0. The molecule has 110 valence electrons. The highest BCUT2D eigenvalue weighted by Gasteiger charge is 2.11. The zero-order valence-electron chi connectivity index (χ0n) is 10.8. The van der Waals surface area contributed by atoms with E-state index in [2.05, 4.69) is 10.1 Å². The zero-order chi connectivity index (χ0) is 15.2. The van der Waals surface area contributed by atoms with Crippen LogP contribution in [0.2, 0.25) is 0 Å². The van der Waals surface area contributed by atoms with Gasteiger partial charge in [0.1, 0.15) is 11.4 Å². The van der Waals surface area contributed by atoms with Gasteiger partial charge in [-0.25, -0.2) is 0 Å². The number of hydrogen-bond donors (Lipinski definition) is 1. The number of nitro benzene ring substituents is 1. The van der Waals surface area contributed by atoms with Crippen molar-refractivity contribution in [3.8, 4) is 5.75 Å². The summed E-state index contributed by atoms with van der Waals surface area (Å²) in [5.41, 5.74) is 0.992. The third-order valence-electron chi connectivity index (χ3n) is 2.71. The van der Waals surface area contributed by atoms with Crippen LogP contribution < -0.4 is 10.1 Å². The second-order valence-corrected chi connectivity index (χ2v) is 4.15. The summed E-state index contributed by atoms with van der Waals surface area (Å²) in [6, 6.07) is 12.4. The molecule has 0 unspecified atom stereocenters. The lowest BCUT2D eigenvalue weighted by Gasteiger charge is -2.09. The van der Waals surface area contributed by atoms with Crippen molar-refractivity contribution in [1.29, 1.82) is 0 Å². The second kappa shape index (κ2) is 6.65. The van der Waals surface area contributed by atoms with Gasteiger partial charge in [0.15, 0.2) is 0 Å². The van der Waals surface area contributed by atoms with Crippen molar-refractivity contribution >= 4 is 11.4 Å². The van der Waals surface area contributed by atoms with Crippen molar-refractivity contribution in [3.63, 3.8) is 0 Å². The molecule has 0 aliphatic heterocycles. The van der Waals surface area contributed by atoms with Crippen LogP contribution in [0.5, 0.6) is 5.75 Å². The lowest BCUT2D eigenvalue weighted by molar-refractivity contribution is -0.384. The first-order valence-corrected chi connectivity index (χ1v) is 6.07. The fraction of sp³-hybridized carbons (Fsp3) is 0.143. The second-order valence-electron chi connectivity index (χ2n) is 4.15. The molecule has 0 amide bonds. The molecule has 0 heterocycles. The van der Waals surface area contributed by atoms with Crippen molar-refractivity contribution in [2.24, 2.45) is 0 Å². The van der Waals surface area contributed by atoms with Crippen molar-refractivity contribution in [2.75, 3.05) is 5.32 Å². The van der Waals surface area contributed by atoms with E-state index >= 15 is 0 Å². The fourth-order valence-electron chi connectivity index (χ4n) is 1.81. The molecule has 2 aromatic carbocycles. The minimum atomic E-state index is -2.89. The van der Waals surface area contributed by atoms with Gasteiger partial charge in [-0.1, -0.05) is 24.3 Å². The third-order valence-corrected chi connectivity index (χ3v) is 2.71. The van der Waals surface area contributed by atoms with Gasteiger partial charge in [-0.15, -0.1) is 0 Å². The summed E-state index contributed by atoms with van der Waals surface area (Å²) in [5.74, 6) is 0.0480. The Morgan fingerprint density at radius 2 is 1.95 bits per heavy atom. The van der Waals surface area contributed by atoms with E-state index in [-0.39, 0.29) is 18.0 Å². The Hall–Kier alpha value is -2.70. The van der Waals surface area contributed by atoms with Gasteiger partial charge in [-0.2, -0.15) is 8.78 Å². The van der Waals surface area contributed by atoms with Crippen LogP contribution in [0.4, 0.5) is 20.2 Å². The number of nitrogens with one attached hydrogen (secondary N) is 1. The highest BCUT2D eigenvalue weighted by molar-refractivity contribution is 5.61. The van der Waals surface area contributed by atoms with Crippen LogP contribution in [-0.4, -0.2) is 11.5 Å². The fourth-order valence-corrected chi connectivity index (χ4v) is 1.81. The van der Waals surface area contributed by atoms with Crippen LogP contribution in [0, 0.1) is 10.1 Å². The van der Waals surface area contributed by atoms with Crippen molar-refractivity contribution < 1.29 is 18.4 Å². The molecule has 1 N–H and O–H groups in total. The summed E-state index contributed by atoms with van der Waals surface area (Å²) in [4.78, 5) is 10.4. The first-order valence-electron chi connectivity index (χ1n) is 6.07. The van der Waals surface area contributed by atoms with Gasteiger partial charge >= 0.3 is 6.61 Å². The van der Waals surface area contributed by atoms with Gasteiger partial charge in [0, 0.05) is 12.6 Å². The summed E-state index contributed by atoms with van der Waals surface area (Å²) in [6.45, 7) is -2.63. The molecule has 5 nitrogen and oxygen atoms in total. The third kappa shape index (κ3) is 4.13. The average molecular weight is 294 g/mol.